The summed E-state index contributed by atoms with van der Waals surface area (Å²) in [5.41, 5.74) is 2.48. The maximum atomic E-state index is 13.9. The van der Waals surface area contributed by atoms with Crippen molar-refractivity contribution in [3.05, 3.63) is 53.3 Å². The molecule has 1 N–H and O–H groups in total. The molecule has 0 aromatic heterocycles. The van der Waals surface area contributed by atoms with Crippen molar-refractivity contribution in [3.8, 4) is 11.5 Å². The number of carbonyl (C=O) groups is 1. The summed E-state index contributed by atoms with van der Waals surface area (Å²) in [6, 6.07) is 10.5. The van der Waals surface area contributed by atoms with Crippen molar-refractivity contribution >= 4 is 11.6 Å². The number of fused-ring (bicyclic) bond motifs is 1. The number of rotatable bonds is 5. The van der Waals surface area contributed by atoms with Crippen LogP contribution < -0.4 is 14.8 Å². The topological polar surface area (TPSA) is 56.8 Å². The van der Waals surface area contributed by atoms with Gasteiger partial charge in [0.25, 0.3) is 0 Å². The van der Waals surface area contributed by atoms with E-state index in [0.29, 0.717) is 12.4 Å². The minimum atomic E-state index is -0.571. The van der Waals surface area contributed by atoms with Gasteiger partial charge in [-0.05, 0) is 17.5 Å². The molecule has 0 saturated heterocycles. The number of nitrogens with one attached hydrogen (secondary N) is 1. The molecule has 25 heavy (non-hydrogen) atoms. The molecule has 132 valence electrons. The summed E-state index contributed by atoms with van der Waals surface area (Å²) in [6.45, 7) is 0.579. The minimum Gasteiger partial charge on any atom is -0.494 e. The van der Waals surface area contributed by atoms with Crippen LogP contribution in [0.4, 0.5) is 10.1 Å². The first-order valence-electron chi connectivity index (χ1n) is 8.03. The number of ether oxygens (including phenoxy) is 3. The fourth-order valence-electron chi connectivity index (χ4n) is 2.97. The summed E-state index contributed by atoms with van der Waals surface area (Å²) >= 11 is 0. The van der Waals surface area contributed by atoms with E-state index in [1.165, 1.54) is 31.9 Å². The first-order chi connectivity index (χ1) is 12.1. The molecule has 3 rings (SSSR count). The van der Waals surface area contributed by atoms with Crippen molar-refractivity contribution in [1.29, 1.82) is 0 Å². The molecule has 0 aliphatic carbocycles. The van der Waals surface area contributed by atoms with Crippen LogP contribution in [0.1, 0.15) is 23.7 Å². The average molecular weight is 345 g/mol. The first kappa shape index (κ1) is 17.2. The third kappa shape index (κ3) is 3.74. The van der Waals surface area contributed by atoms with E-state index in [0.717, 1.165) is 12.0 Å². The van der Waals surface area contributed by atoms with Crippen LogP contribution in [0.2, 0.25) is 0 Å². The monoisotopic (exact) mass is 345 g/mol. The number of hydrogen-bond donors (Lipinski definition) is 1. The van der Waals surface area contributed by atoms with Crippen LogP contribution in [0.15, 0.2) is 36.4 Å². The minimum absolute atomic E-state index is 0.0550. The number of hydrogen-bond acceptors (Lipinski definition) is 4. The van der Waals surface area contributed by atoms with Crippen molar-refractivity contribution in [2.45, 2.75) is 18.9 Å². The highest BCUT2D eigenvalue weighted by Crippen LogP contribution is 2.33. The van der Waals surface area contributed by atoms with Crippen LogP contribution in [-0.4, -0.2) is 26.7 Å². The zero-order valence-electron chi connectivity index (χ0n) is 14.2. The van der Waals surface area contributed by atoms with Gasteiger partial charge in [-0.25, -0.2) is 4.39 Å². The third-order valence-electron chi connectivity index (χ3n) is 4.21. The fourth-order valence-corrected chi connectivity index (χ4v) is 2.97. The van der Waals surface area contributed by atoms with Crippen LogP contribution in [-0.2, 0) is 16.0 Å². The van der Waals surface area contributed by atoms with E-state index in [1.54, 1.807) is 0 Å². The summed E-state index contributed by atoms with van der Waals surface area (Å²) in [4.78, 5) is 12.4. The van der Waals surface area contributed by atoms with Crippen molar-refractivity contribution in [1.82, 2.24) is 0 Å². The Morgan fingerprint density at radius 3 is 2.76 bits per heavy atom. The molecule has 0 bridgehead atoms. The molecule has 1 amide bonds. The molecule has 0 spiro atoms. The predicted molar refractivity (Wildman–Crippen MR) is 91.6 cm³/mol. The lowest BCUT2D eigenvalue weighted by Gasteiger charge is -2.25. The van der Waals surface area contributed by atoms with E-state index in [9.17, 15) is 9.18 Å². The maximum Gasteiger partial charge on any atom is 0.227 e. The molecular weight excluding hydrogens is 325 g/mol. The zero-order chi connectivity index (χ0) is 17.8. The molecule has 0 radical (unpaired) electrons. The third-order valence-corrected chi connectivity index (χ3v) is 4.21. The highest BCUT2D eigenvalue weighted by atomic mass is 19.1. The Labute approximate surface area is 145 Å². The zero-order valence-corrected chi connectivity index (χ0v) is 14.2. The van der Waals surface area contributed by atoms with Gasteiger partial charge in [0.2, 0.25) is 5.91 Å². The second-order valence-electron chi connectivity index (χ2n) is 5.75. The predicted octanol–water partition coefficient (Wildman–Crippen LogP) is 3.49. The Balaban J connectivity index is 1.75. The summed E-state index contributed by atoms with van der Waals surface area (Å²) in [7, 11) is 2.82. The molecule has 1 atom stereocenters. The van der Waals surface area contributed by atoms with Crippen molar-refractivity contribution in [2.75, 3.05) is 26.1 Å². The van der Waals surface area contributed by atoms with E-state index >= 15 is 0 Å². The Morgan fingerprint density at radius 2 is 2.00 bits per heavy atom. The van der Waals surface area contributed by atoms with E-state index in [2.05, 4.69) is 5.32 Å². The SMILES string of the molecule is COc1cc(OC)c(NC(=O)CC2OCCc3ccccc32)cc1F. The van der Waals surface area contributed by atoms with Gasteiger partial charge < -0.3 is 19.5 Å². The number of halogens is 1. The molecule has 0 saturated carbocycles. The van der Waals surface area contributed by atoms with E-state index in [4.69, 9.17) is 14.2 Å². The fraction of sp³-hybridized carbons (Fsp3) is 0.316. The van der Waals surface area contributed by atoms with Gasteiger partial charge in [0.1, 0.15) is 5.75 Å². The van der Waals surface area contributed by atoms with E-state index in [1.807, 2.05) is 24.3 Å². The molecule has 1 unspecified atom stereocenters. The first-order valence-corrected chi connectivity index (χ1v) is 8.03. The summed E-state index contributed by atoms with van der Waals surface area (Å²) < 4.78 is 29.8. The standard InChI is InChI=1S/C19H20FNO4/c1-23-17-10-18(24-2)15(9-14(17)20)21-19(22)11-16-13-6-4-3-5-12(13)7-8-25-16/h3-6,9-10,16H,7-8,11H2,1-2H3,(H,21,22). The maximum absolute atomic E-state index is 13.9. The lowest BCUT2D eigenvalue weighted by Crippen LogP contribution is -2.22. The summed E-state index contributed by atoms with van der Waals surface area (Å²) in [6.07, 6.45) is 0.679. The van der Waals surface area contributed by atoms with Gasteiger partial charge >= 0.3 is 0 Å². The van der Waals surface area contributed by atoms with Gasteiger partial charge in [0.05, 0.1) is 39.0 Å². The summed E-state index contributed by atoms with van der Waals surface area (Å²) in [5.74, 6) is -0.460. The van der Waals surface area contributed by atoms with Gasteiger partial charge in [0.15, 0.2) is 11.6 Å². The molecule has 2 aromatic rings. The quantitative estimate of drug-likeness (QED) is 0.901. The van der Waals surface area contributed by atoms with Crippen molar-refractivity contribution in [3.63, 3.8) is 0 Å². The van der Waals surface area contributed by atoms with E-state index < -0.39 is 5.82 Å². The van der Waals surface area contributed by atoms with Crippen LogP contribution in [0.3, 0.4) is 0 Å². The Bertz CT molecular complexity index is 778. The molecule has 2 aromatic carbocycles. The molecule has 1 aliphatic heterocycles. The molecule has 1 heterocycles. The van der Waals surface area contributed by atoms with Crippen molar-refractivity contribution < 1.29 is 23.4 Å². The van der Waals surface area contributed by atoms with Gasteiger partial charge in [-0.15, -0.1) is 0 Å². The van der Waals surface area contributed by atoms with Crippen LogP contribution in [0.5, 0.6) is 11.5 Å². The van der Waals surface area contributed by atoms with Crippen LogP contribution in [0.25, 0.3) is 0 Å². The molecule has 0 fully saturated rings. The summed E-state index contributed by atoms with van der Waals surface area (Å²) in [5, 5.41) is 2.69. The number of anilines is 1. The van der Waals surface area contributed by atoms with Gasteiger partial charge in [-0.2, -0.15) is 0 Å². The molecular formula is C19H20FNO4. The number of methoxy groups -OCH3 is 2. The van der Waals surface area contributed by atoms with Gasteiger partial charge in [-0.1, -0.05) is 24.3 Å². The second-order valence-corrected chi connectivity index (χ2v) is 5.75. The lowest BCUT2D eigenvalue weighted by molar-refractivity contribution is -0.119. The number of benzene rings is 2. The normalized spacial score (nSPS) is 16.0. The highest BCUT2D eigenvalue weighted by molar-refractivity contribution is 5.92. The molecule has 5 nitrogen and oxygen atoms in total. The van der Waals surface area contributed by atoms with Crippen LogP contribution >= 0.6 is 0 Å². The lowest BCUT2D eigenvalue weighted by atomic mass is 9.95. The Kier molecular flexibility index (Phi) is 5.19. The highest BCUT2D eigenvalue weighted by Gasteiger charge is 2.24. The Hall–Kier alpha value is -2.60. The number of amides is 1. The molecule has 6 heteroatoms. The van der Waals surface area contributed by atoms with Crippen LogP contribution in [0, 0.1) is 5.82 Å². The second kappa shape index (κ2) is 7.53. The van der Waals surface area contributed by atoms with Gasteiger partial charge in [0, 0.05) is 12.1 Å². The number of carbonyl (C=O) groups excluding carboxylic acids is 1. The van der Waals surface area contributed by atoms with E-state index in [-0.39, 0.29) is 29.9 Å². The van der Waals surface area contributed by atoms with Gasteiger partial charge in [-0.3, -0.25) is 4.79 Å². The largest absolute Gasteiger partial charge is 0.494 e. The average Bonchev–Trinajstić information content (AvgIpc) is 2.62. The molecule has 1 aliphatic rings. The smallest absolute Gasteiger partial charge is 0.227 e. The van der Waals surface area contributed by atoms with Crippen molar-refractivity contribution in [2.24, 2.45) is 0 Å². The Morgan fingerprint density at radius 1 is 1.24 bits per heavy atom.